The minimum absolute atomic E-state index is 0.0416. The van der Waals surface area contributed by atoms with Gasteiger partial charge in [-0.25, -0.2) is 18.2 Å². The molecule has 8 heteroatoms. The maximum atomic E-state index is 13.8. The van der Waals surface area contributed by atoms with E-state index in [0.717, 1.165) is 24.6 Å². The van der Waals surface area contributed by atoms with E-state index < -0.39 is 11.6 Å². The monoisotopic (exact) mass is 363 g/mol. The molecule has 3 rings (SSSR count). The number of hydrogen-bond acceptors (Lipinski definition) is 3. The predicted molar refractivity (Wildman–Crippen MR) is 94.5 cm³/mol. The van der Waals surface area contributed by atoms with Gasteiger partial charge >= 0.3 is 0 Å². The topological polar surface area (TPSA) is 52.6 Å². The van der Waals surface area contributed by atoms with Crippen molar-refractivity contribution >= 4 is 11.8 Å². The van der Waals surface area contributed by atoms with Crippen molar-refractivity contribution in [3.63, 3.8) is 0 Å². The first-order valence-corrected chi connectivity index (χ1v) is 8.33. The molecule has 5 nitrogen and oxygen atoms in total. The molecule has 0 bridgehead atoms. The molecule has 1 aliphatic rings. The molecule has 0 amide bonds. The zero-order chi connectivity index (χ0) is 18.5. The highest BCUT2D eigenvalue weighted by molar-refractivity contribution is 5.80. The summed E-state index contributed by atoms with van der Waals surface area (Å²) in [5.74, 6) is -0.511. The molecule has 138 valence electrons. The lowest BCUT2D eigenvalue weighted by Crippen LogP contribution is -2.44. The summed E-state index contributed by atoms with van der Waals surface area (Å²) in [7, 11) is 1.60. The fraction of sp³-hybridized carbons (Fsp3) is 0.333. The highest BCUT2D eigenvalue weighted by Gasteiger charge is 2.25. The Bertz CT molecular complexity index is 796. The van der Waals surface area contributed by atoms with Crippen molar-refractivity contribution in [1.29, 1.82) is 0 Å². The number of nitrogens with zero attached hydrogens (tertiary/aromatic N) is 3. The molecule has 1 unspecified atom stereocenters. The normalized spacial score (nSPS) is 17.5. The van der Waals surface area contributed by atoms with Crippen LogP contribution in [0.3, 0.4) is 0 Å². The van der Waals surface area contributed by atoms with Crippen LogP contribution in [0.1, 0.15) is 12.0 Å². The molecule has 1 fully saturated rings. The highest BCUT2D eigenvalue weighted by Crippen LogP contribution is 2.20. The van der Waals surface area contributed by atoms with Gasteiger partial charge in [-0.3, -0.25) is 4.99 Å². The summed E-state index contributed by atoms with van der Waals surface area (Å²) in [6, 6.07) is 6.31. The van der Waals surface area contributed by atoms with Crippen molar-refractivity contribution in [2.45, 2.75) is 19.0 Å². The number of nitrogens with one attached hydrogen (secondary N) is 2. The number of aromatic nitrogens is 1. The third-order valence-corrected chi connectivity index (χ3v) is 4.25. The quantitative estimate of drug-likeness (QED) is 0.647. The molecule has 26 heavy (non-hydrogen) atoms. The zero-order valence-corrected chi connectivity index (χ0v) is 14.3. The molecular weight excluding hydrogens is 343 g/mol. The summed E-state index contributed by atoms with van der Waals surface area (Å²) in [5, 5.41) is 6.19. The van der Waals surface area contributed by atoms with Gasteiger partial charge in [0.2, 0.25) is 0 Å². The average Bonchev–Trinajstić information content (AvgIpc) is 3.10. The summed E-state index contributed by atoms with van der Waals surface area (Å²) in [5.41, 5.74) is 0.219. The van der Waals surface area contributed by atoms with Crippen LogP contribution in [-0.4, -0.2) is 37.1 Å². The van der Waals surface area contributed by atoms with Gasteiger partial charge in [-0.1, -0.05) is 0 Å². The first-order valence-electron chi connectivity index (χ1n) is 8.33. The summed E-state index contributed by atoms with van der Waals surface area (Å²) in [4.78, 5) is 10.1. The molecule has 0 saturated carbocycles. The van der Waals surface area contributed by atoms with Crippen molar-refractivity contribution in [3.05, 3.63) is 59.5 Å². The molecule has 2 N–H and O–H groups in total. The molecule has 1 aliphatic heterocycles. The summed E-state index contributed by atoms with van der Waals surface area (Å²) < 4.78 is 40.8. The molecule has 2 heterocycles. The van der Waals surface area contributed by atoms with Crippen LogP contribution in [0.4, 0.5) is 19.0 Å². The molecule has 0 radical (unpaired) electrons. The Kier molecular flexibility index (Phi) is 5.60. The summed E-state index contributed by atoms with van der Waals surface area (Å²) in [6.07, 6.45) is 2.35. The van der Waals surface area contributed by atoms with Crippen LogP contribution in [0.15, 0.2) is 41.5 Å². The van der Waals surface area contributed by atoms with Crippen molar-refractivity contribution < 1.29 is 13.2 Å². The molecule has 0 aliphatic carbocycles. The lowest BCUT2D eigenvalue weighted by Gasteiger charge is -2.20. The van der Waals surface area contributed by atoms with Crippen molar-refractivity contribution in [2.24, 2.45) is 4.99 Å². The molecule has 0 spiro atoms. The zero-order valence-electron chi connectivity index (χ0n) is 14.3. The van der Waals surface area contributed by atoms with E-state index in [4.69, 9.17) is 0 Å². The Balaban J connectivity index is 1.56. The van der Waals surface area contributed by atoms with E-state index in [9.17, 15) is 13.2 Å². The SMILES string of the molecule is CN=C(NCc1cc(F)ccc1F)NC1CCN(c2ncccc2F)C1. The maximum absolute atomic E-state index is 13.8. The van der Waals surface area contributed by atoms with Gasteiger partial charge in [-0.2, -0.15) is 0 Å². The van der Waals surface area contributed by atoms with Crippen LogP contribution in [0.2, 0.25) is 0 Å². The van der Waals surface area contributed by atoms with E-state index in [1.807, 2.05) is 4.90 Å². The van der Waals surface area contributed by atoms with Crippen LogP contribution < -0.4 is 15.5 Å². The molecule has 1 saturated heterocycles. The van der Waals surface area contributed by atoms with E-state index in [-0.39, 0.29) is 24.0 Å². The summed E-state index contributed by atoms with van der Waals surface area (Å²) >= 11 is 0. The number of anilines is 1. The average molecular weight is 363 g/mol. The van der Waals surface area contributed by atoms with Crippen molar-refractivity contribution in [3.8, 4) is 0 Å². The smallest absolute Gasteiger partial charge is 0.191 e. The Hall–Kier alpha value is -2.77. The number of aliphatic imine (C=N–C) groups is 1. The van der Waals surface area contributed by atoms with Crippen LogP contribution in [0.5, 0.6) is 0 Å². The van der Waals surface area contributed by atoms with Gasteiger partial charge in [0.15, 0.2) is 17.6 Å². The molecule has 1 atom stereocenters. The van der Waals surface area contributed by atoms with Gasteiger partial charge in [-0.05, 0) is 36.8 Å². The number of hydrogen-bond donors (Lipinski definition) is 2. The van der Waals surface area contributed by atoms with Crippen LogP contribution in [0, 0.1) is 17.5 Å². The lowest BCUT2D eigenvalue weighted by molar-refractivity contribution is 0.579. The first-order chi connectivity index (χ1) is 12.6. The number of rotatable bonds is 4. The third-order valence-electron chi connectivity index (χ3n) is 4.25. The Morgan fingerprint density at radius 3 is 2.88 bits per heavy atom. The maximum Gasteiger partial charge on any atom is 0.191 e. The molecule has 1 aromatic carbocycles. The van der Waals surface area contributed by atoms with E-state index in [1.165, 1.54) is 6.07 Å². The second-order valence-corrected chi connectivity index (χ2v) is 6.05. The lowest BCUT2D eigenvalue weighted by atomic mass is 10.2. The summed E-state index contributed by atoms with van der Waals surface area (Å²) in [6.45, 7) is 1.35. The third kappa shape index (κ3) is 4.25. The number of pyridine rings is 1. The molecule has 1 aromatic heterocycles. The minimum Gasteiger partial charge on any atom is -0.352 e. The Morgan fingerprint density at radius 1 is 1.27 bits per heavy atom. The highest BCUT2D eigenvalue weighted by atomic mass is 19.1. The first kappa shape index (κ1) is 18.0. The fourth-order valence-corrected chi connectivity index (χ4v) is 2.93. The van der Waals surface area contributed by atoms with Crippen LogP contribution in [0.25, 0.3) is 0 Å². The minimum atomic E-state index is -0.491. The van der Waals surface area contributed by atoms with E-state index >= 15 is 0 Å². The Morgan fingerprint density at radius 2 is 2.12 bits per heavy atom. The molecular formula is C18H20F3N5. The van der Waals surface area contributed by atoms with Gasteiger partial charge in [-0.15, -0.1) is 0 Å². The standard InChI is InChI=1S/C18H20F3N5/c1-22-18(24-10-12-9-13(19)4-5-15(12)20)25-14-6-8-26(11-14)17-16(21)3-2-7-23-17/h2-5,7,9,14H,6,8,10-11H2,1H3,(H2,22,24,25). The largest absolute Gasteiger partial charge is 0.352 e. The van der Waals surface area contributed by atoms with Crippen molar-refractivity contribution in [2.75, 3.05) is 25.0 Å². The number of benzene rings is 1. The van der Waals surface area contributed by atoms with Crippen molar-refractivity contribution in [1.82, 2.24) is 15.6 Å². The van der Waals surface area contributed by atoms with E-state index in [2.05, 4.69) is 20.6 Å². The van der Waals surface area contributed by atoms with Gasteiger partial charge in [0.05, 0.1) is 0 Å². The van der Waals surface area contributed by atoms with Crippen LogP contribution >= 0.6 is 0 Å². The van der Waals surface area contributed by atoms with E-state index in [0.29, 0.717) is 24.9 Å². The predicted octanol–water partition coefficient (Wildman–Crippen LogP) is 2.44. The fourth-order valence-electron chi connectivity index (χ4n) is 2.93. The van der Waals surface area contributed by atoms with E-state index in [1.54, 1.807) is 19.3 Å². The van der Waals surface area contributed by atoms with Gasteiger partial charge < -0.3 is 15.5 Å². The second kappa shape index (κ2) is 8.07. The van der Waals surface area contributed by atoms with Gasteiger partial charge in [0, 0.05) is 44.5 Å². The molecule has 2 aromatic rings. The van der Waals surface area contributed by atoms with Crippen LogP contribution in [-0.2, 0) is 6.54 Å². The number of halogens is 3. The van der Waals surface area contributed by atoms with Gasteiger partial charge in [0.1, 0.15) is 11.6 Å². The Labute approximate surface area is 150 Å². The number of guanidine groups is 1. The second-order valence-electron chi connectivity index (χ2n) is 6.05. The van der Waals surface area contributed by atoms with Gasteiger partial charge in [0.25, 0.3) is 0 Å².